The monoisotopic (exact) mass is 356 g/mol. The van der Waals surface area contributed by atoms with Gasteiger partial charge in [0, 0.05) is 25.7 Å². The minimum Gasteiger partial charge on any atom is -0.302 e. The summed E-state index contributed by atoms with van der Waals surface area (Å²) in [5.41, 5.74) is 2.69. The van der Waals surface area contributed by atoms with Crippen LogP contribution in [-0.2, 0) is 13.0 Å². The minimum absolute atomic E-state index is 0.174. The minimum atomic E-state index is 0.174. The second kappa shape index (κ2) is 8.75. The zero-order valence-corrected chi connectivity index (χ0v) is 16.1. The van der Waals surface area contributed by atoms with E-state index in [1.807, 2.05) is 0 Å². The predicted octanol–water partition coefficient (Wildman–Crippen LogP) is 4.09. The number of carbonyl (C=O) groups is 1. The fourth-order valence-corrected chi connectivity index (χ4v) is 4.37. The van der Waals surface area contributed by atoms with Crippen LogP contribution < -0.4 is 0 Å². The van der Waals surface area contributed by atoms with Gasteiger partial charge in [0.25, 0.3) is 0 Å². The molecule has 0 amide bonds. The Kier molecular flexibility index (Phi) is 6.40. The van der Waals surface area contributed by atoms with Crippen LogP contribution in [0.5, 0.6) is 0 Å². The lowest BCUT2D eigenvalue weighted by Gasteiger charge is -2.37. The molecule has 0 bridgehead atoms. The van der Waals surface area contributed by atoms with E-state index in [0.717, 1.165) is 37.5 Å². The molecule has 1 saturated heterocycles. The fourth-order valence-electron chi connectivity index (χ4n) is 3.57. The molecule has 0 saturated carbocycles. The van der Waals surface area contributed by atoms with Gasteiger partial charge in [0.2, 0.25) is 0 Å². The third kappa shape index (κ3) is 5.24. The summed E-state index contributed by atoms with van der Waals surface area (Å²) in [5, 5.41) is 2.14. The molecular weight excluding hydrogens is 328 g/mol. The SMILES string of the molecule is CC(=O)c1cc(CN2CCCC(N(C)CCc3ccccc3)C2)cs1. The summed E-state index contributed by atoms with van der Waals surface area (Å²) in [4.78, 5) is 17.4. The van der Waals surface area contributed by atoms with Crippen LogP contribution in [0.3, 0.4) is 0 Å². The van der Waals surface area contributed by atoms with Crippen LogP contribution in [0.2, 0.25) is 0 Å². The summed E-state index contributed by atoms with van der Waals surface area (Å²) < 4.78 is 0. The first-order chi connectivity index (χ1) is 12.1. The van der Waals surface area contributed by atoms with E-state index >= 15 is 0 Å². The van der Waals surface area contributed by atoms with Crippen molar-refractivity contribution >= 4 is 17.1 Å². The zero-order chi connectivity index (χ0) is 17.6. The number of likely N-dealkylation sites (tertiary alicyclic amines) is 1. The van der Waals surface area contributed by atoms with Crippen molar-refractivity contribution in [2.24, 2.45) is 0 Å². The maximum atomic E-state index is 11.5. The Balaban J connectivity index is 1.50. The Hall–Kier alpha value is -1.49. The number of hydrogen-bond acceptors (Lipinski definition) is 4. The zero-order valence-electron chi connectivity index (χ0n) is 15.3. The van der Waals surface area contributed by atoms with Crippen molar-refractivity contribution in [3.05, 3.63) is 57.8 Å². The number of carbonyl (C=O) groups excluding carboxylic acids is 1. The van der Waals surface area contributed by atoms with Crippen molar-refractivity contribution in [3.63, 3.8) is 0 Å². The molecule has 0 spiro atoms. The maximum absolute atomic E-state index is 11.5. The summed E-state index contributed by atoms with van der Waals surface area (Å²) in [5.74, 6) is 0.174. The molecule has 1 aliphatic rings. The molecule has 25 heavy (non-hydrogen) atoms. The molecule has 2 heterocycles. The first-order valence-electron chi connectivity index (χ1n) is 9.16. The average molecular weight is 357 g/mol. The molecule has 1 aromatic heterocycles. The summed E-state index contributed by atoms with van der Waals surface area (Å²) >= 11 is 1.57. The van der Waals surface area contributed by atoms with Crippen LogP contribution in [-0.4, -0.2) is 48.3 Å². The number of rotatable bonds is 7. The summed E-state index contributed by atoms with van der Waals surface area (Å²) in [7, 11) is 2.26. The highest BCUT2D eigenvalue weighted by atomic mass is 32.1. The normalized spacial score (nSPS) is 18.6. The number of Topliss-reactive ketones (excluding diaryl/α,β-unsaturated/α-hetero) is 1. The van der Waals surface area contributed by atoms with Crippen LogP contribution in [0.4, 0.5) is 0 Å². The number of likely N-dealkylation sites (N-methyl/N-ethyl adjacent to an activating group) is 1. The first kappa shape index (κ1) is 18.3. The van der Waals surface area contributed by atoms with Crippen LogP contribution in [0.25, 0.3) is 0 Å². The molecule has 1 fully saturated rings. The van der Waals surface area contributed by atoms with Crippen LogP contribution in [0, 0.1) is 0 Å². The van der Waals surface area contributed by atoms with Crippen LogP contribution >= 0.6 is 11.3 Å². The molecule has 3 rings (SSSR count). The third-order valence-electron chi connectivity index (χ3n) is 5.11. The van der Waals surface area contributed by atoms with E-state index in [4.69, 9.17) is 0 Å². The lowest BCUT2D eigenvalue weighted by Crippen LogP contribution is -2.46. The smallest absolute Gasteiger partial charge is 0.169 e. The Labute approximate surface area is 155 Å². The second-order valence-electron chi connectivity index (χ2n) is 7.12. The Morgan fingerprint density at radius 1 is 1.28 bits per heavy atom. The van der Waals surface area contributed by atoms with Gasteiger partial charge >= 0.3 is 0 Å². The van der Waals surface area contributed by atoms with Crippen molar-refractivity contribution in [1.82, 2.24) is 9.80 Å². The number of ketones is 1. The van der Waals surface area contributed by atoms with E-state index in [0.29, 0.717) is 6.04 Å². The van der Waals surface area contributed by atoms with Crippen LogP contribution in [0.1, 0.15) is 40.6 Å². The van der Waals surface area contributed by atoms with Crippen molar-refractivity contribution in [1.29, 1.82) is 0 Å². The highest BCUT2D eigenvalue weighted by Crippen LogP contribution is 2.21. The first-order valence-corrected chi connectivity index (χ1v) is 10.0. The lowest BCUT2D eigenvalue weighted by atomic mass is 10.0. The molecule has 0 aliphatic carbocycles. The topological polar surface area (TPSA) is 23.6 Å². The van der Waals surface area contributed by atoms with Crippen LogP contribution in [0.15, 0.2) is 41.8 Å². The van der Waals surface area contributed by atoms with Gasteiger partial charge in [-0.25, -0.2) is 0 Å². The molecule has 0 radical (unpaired) electrons. The van der Waals surface area contributed by atoms with Gasteiger partial charge in [0.05, 0.1) is 4.88 Å². The quantitative estimate of drug-likeness (QED) is 0.698. The molecular formula is C21H28N2OS. The Morgan fingerprint density at radius 3 is 2.80 bits per heavy atom. The molecule has 0 N–H and O–H groups in total. The molecule has 1 unspecified atom stereocenters. The number of nitrogens with zero attached hydrogens (tertiary/aromatic N) is 2. The molecule has 134 valence electrons. The van der Waals surface area contributed by atoms with E-state index < -0.39 is 0 Å². The Bertz CT molecular complexity index is 682. The molecule has 3 nitrogen and oxygen atoms in total. The molecule has 4 heteroatoms. The number of hydrogen-bond donors (Lipinski definition) is 0. The highest BCUT2D eigenvalue weighted by Gasteiger charge is 2.23. The van der Waals surface area contributed by atoms with E-state index in [9.17, 15) is 4.79 Å². The molecule has 1 atom stereocenters. The molecule has 1 aromatic carbocycles. The van der Waals surface area contributed by atoms with Gasteiger partial charge in [-0.3, -0.25) is 9.69 Å². The van der Waals surface area contributed by atoms with Gasteiger partial charge in [0.15, 0.2) is 5.78 Å². The molecule has 1 aliphatic heterocycles. The Morgan fingerprint density at radius 2 is 2.08 bits per heavy atom. The van der Waals surface area contributed by atoms with Crippen molar-refractivity contribution in [2.75, 3.05) is 26.7 Å². The van der Waals surface area contributed by atoms with Gasteiger partial charge in [-0.2, -0.15) is 0 Å². The van der Waals surface area contributed by atoms with Crippen molar-refractivity contribution in [3.8, 4) is 0 Å². The highest BCUT2D eigenvalue weighted by molar-refractivity contribution is 7.12. The largest absolute Gasteiger partial charge is 0.302 e. The second-order valence-corrected chi connectivity index (χ2v) is 8.03. The van der Waals surface area contributed by atoms with Crippen molar-refractivity contribution < 1.29 is 4.79 Å². The average Bonchev–Trinajstić information content (AvgIpc) is 3.09. The van der Waals surface area contributed by atoms with Crippen molar-refractivity contribution in [2.45, 2.75) is 38.8 Å². The summed E-state index contributed by atoms with van der Waals surface area (Å²) in [6.07, 6.45) is 3.65. The molecule has 2 aromatic rings. The predicted molar refractivity (Wildman–Crippen MR) is 105 cm³/mol. The third-order valence-corrected chi connectivity index (χ3v) is 6.19. The van der Waals surface area contributed by atoms with E-state index in [2.05, 4.69) is 58.6 Å². The number of benzene rings is 1. The van der Waals surface area contributed by atoms with Gasteiger partial charge in [-0.1, -0.05) is 30.3 Å². The fraction of sp³-hybridized carbons (Fsp3) is 0.476. The van der Waals surface area contributed by atoms with Gasteiger partial charge in [-0.15, -0.1) is 11.3 Å². The van der Waals surface area contributed by atoms with E-state index in [-0.39, 0.29) is 5.78 Å². The summed E-state index contributed by atoms with van der Waals surface area (Å²) in [6.45, 7) is 6.00. The van der Waals surface area contributed by atoms with Gasteiger partial charge < -0.3 is 4.90 Å². The van der Waals surface area contributed by atoms with Gasteiger partial charge in [-0.05, 0) is 62.4 Å². The van der Waals surface area contributed by atoms with E-state index in [1.165, 1.54) is 24.0 Å². The van der Waals surface area contributed by atoms with E-state index in [1.54, 1.807) is 18.3 Å². The number of piperidine rings is 1. The standard InChI is InChI=1S/C21H28N2OS/c1-17(24)21-13-19(16-25-21)14-23-11-6-9-20(15-23)22(2)12-10-18-7-4-3-5-8-18/h3-5,7-8,13,16,20H,6,9-12,14-15H2,1-2H3. The number of thiophene rings is 1. The summed E-state index contributed by atoms with van der Waals surface area (Å²) in [6, 6.07) is 13.4. The van der Waals surface area contributed by atoms with Gasteiger partial charge in [0.1, 0.15) is 0 Å². The lowest BCUT2D eigenvalue weighted by molar-refractivity contribution is 0.102. The maximum Gasteiger partial charge on any atom is 0.169 e.